The summed E-state index contributed by atoms with van der Waals surface area (Å²) >= 11 is 0. The number of unbranched alkanes of at least 4 members (excludes halogenated alkanes) is 9. The third-order valence-corrected chi connectivity index (χ3v) is 7.18. The zero-order valence-corrected chi connectivity index (χ0v) is 18.1. The van der Waals surface area contributed by atoms with Crippen LogP contribution in [0.5, 0.6) is 0 Å². The van der Waals surface area contributed by atoms with Crippen LogP contribution in [0.2, 0.25) is 0 Å². The van der Waals surface area contributed by atoms with Crippen molar-refractivity contribution in [2.75, 3.05) is 20.0 Å². The Hall–Kier alpha value is -0.440. The average Bonchev–Trinajstić information content (AvgIpc) is 2.61. The van der Waals surface area contributed by atoms with Gasteiger partial charge in [-0.1, -0.05) is 70.4 Å². The molecular weight excluding hydrogens is 376 g/mol. The monoisotopic (exact) mass is 412 g/mol. The predicted molar refractivity (Wildman–Crippen MR) is 106 cm³/mol. The van der Waals surface area contributed by atoms with Gasteiger partial charge in [0.25, 0.3) is 20.2 Å². The Bertz CT molecular complexity index is 566. The van der Waals surface area contributed by atoms with Crippen molar-refractivity contribution in [2.45, 2.75) is 82.8 Å². The lowest BCUT2D eigenvalue weighted by atomic mass is 10.1. The standard InChI is InChI=1S/C18H36O6S2/c1-4-5-6-7-8-9-10-11-12-13-14-15-18(26(21,22)24-3)16-17-25(19,20)23-2/h14-15,18H,4-13,16-17H2,1-3H3/b15-14+. The van der Waals surface area contributed by atoms with E-state index >= 15 is 0 Å². The molecule has 8 heteroatoms. The van der Waals surface area contributed by atoms with Crippen molar-refractivity contribution < 1.29 is 25.2 Å². The molecular formula is C18H36O6S2. The predicted octanol–water partition coefficient (Wildman–Crippen LogP) is 4.17. The summed E-state index contributed by atoms with van der Waals surface area (Å²) in [6.45, 7) is 2.21. The Morgan fingerprint density at radius 3 is 1.85 bits per heavy atom. The minimum absolute atomic E-state index is 0.0827. The quantitative estimate of drug-likeness (QED) is 0.202. The average molecular weight is 413 g/mol. The second-order valence-corrected chi connectivity index (χ2v) is 10.2. The van der Waals surface area contributed by atoms with Crippen LogP contribution in [0.25, 0.3) is 0 Å². The molecule has 1 unspecified atom stereocenters. The lowest BCUT2D eigenvalue weighted by Gasteiger charge is -2.12. The molecule has 0 amide bonds. The Morgan fingerprint density at radius 1 is 0.808 bits per heavy atom. The Morgan fingerprint density at radius 2 is 1.35 bits per heavy atom. The first kappa shape index (κ1) is 25.6. The number of hydrogen-bond donors (Lipinski definition) is 0. The van der Waals surface area contributed by atoms with Crippen LogP contribution in [-0.2, 0) is 28.6 Å². The van der Waals surface area contributed by atoms with Gasteiger partial charge in [-0.25, -0.2) is 0 Å². The molecule has 0 aliphatic rings. The van der Waals surface area contributed by atoms with Crippen LogP contribution in [0.3, 0.4) is 0 Å². The van der Waals surface area contributed by atoms with Gasteiger partial charge >= 0.3 is 0 Å². The van der Waals surface area contributed by atoms with E-state index in [1.165, 1.54) is 51.0 Å². The molecule has 0 fully saturated rings. The fourth-order valence-corrected chi connectivity index (χ4v) is 4.44. The van der Waals surface area contributed by atoms with Gasteiger partial charge < -0.3 is 0 Å². The van der Waals surface area contributed by atoms with Crippen molar-refractivity contribution >= 4 is 20.2 Å². The Balaban J connectivity index is 4.15. The van der Waals surface area contributed by atoms with Crippen LogP contribution in [0, 0.1) is 0 Å². The smallest absolute Gasteiger partial charge is 0.273 e. The number of hydrogen-bond acceptors (Lipinski definition) is 6. The molecule has 0 N–H and O–H groups in total. The van der Waals surface area contributed by atoms with E-state index in [0.29, 0.717) is 0 Å². The van der Waals surface area contributed by atoms with Crippen LogP contribution >= 0.6 is 0 Å². The third-order valence-electron chi connectivity index (χ3n) is 4.33. The van der Waals surface area contributed by atoms with Crippen LogP contribution in [0.1, 0.15) is 77.6 Å². The van der Waals surface area contributed by atoms with Crippen molar-refractivity contribution in [1.29, 1.82) is 0 Å². The first-order chi connectivity index (χ1) is 12.3. The molecule has 0 aromatic rings. The summed E-state index contributed by atoms with van der Waals surface area (Å²) in [5.74, 6) is -0.362. The molecule has 0 spiro atoms. The van der Waals surface area contributed by atoms with Gasteiger partial charge in [-0.2, -0.15) is 16.8 Å². The largest absolute Gasteiger partial charge is 0.273 e. The molecule has 6 nitrogen and oxygen atoms in total. The highest BCUT2D eigenvalue weighted by Gasteiger charge is 2.25. The minimum atomic E-state index is -3.81. The zero-order chi connectivity index (χ0) is 19.9. The molecule has 0 aromatic heterocycles. The van der Waals surface area contributed by atoms with E-state index in [0.717, 1.165) is 33.5 Å². The van der Waals surface area contributed by atoms with E-state index in [2.05, 4.69) is 15.3 Å². The summed E-state index contributed by atoms with van der Waals surface area (Å²) in [5.41, 5.74) is 0. The summed E-state index contributed by atoms with van der Waals surface area (Å²) in [4.78, 5) is 0. The zero-order valence-electron chi connectivity index (χ0n) is 16.5. The van der Waals surface area contributed by atoms with Crippen molar-refractivity contribution in [3.63, 3.8) is 0 Å². The Labute approximate surface area is 160 Å². The molecule has 0 aliphatic carbocycles. The van der Waals surface area contributed by atoms with Gasteiger partial charge in [-0.05, 0) is 19.3 Å². The van der Waals surface area contributed by atoms with Gasteiger partial charge in [-0.15, -0.1) is 0 Å². The summed E-state index contributed by atoms with van der Waals surface area (Å²) in [6, 6.07) is 0. The summed E-state index contributed by atoms with van der Waals surface area (Å²) in [6.07, 6.45) is 15.1. The van der Waals surface area contributed by atoms with Gasteiger partial charge in [0.2, 0.25) is 0 Å². The molecule has 0 rings (SSSR count). The highest BCUT2D eigenvalue weighted by Crippen LogP contribution is 2.14. The van der Waals surface area contributed by atoms with Crippen molar-refractivity contribution in [3.8, 4) is 0 Å². The summed E-state index contributed by atoms with van der Waals surface area (Å²) in [5, 5.41) is -0.976. The van der Waals surface area contributed by atoms with E-state index in [1.807, 2.05) is 6.08 Å². The first-order valence-corrected chi connectivity index (χ1v) is 12.6. The minimum Gasteiger partial charge on any atom is -0.273 e. The summed E-state index contributed by atoms with van der Waals surface area (Å²) < 4.78 is 55.5. The summed E-state index contributed by atoms with van der Waals surface area (Å²) in [7, 11) is -5.35. The van der Waals surface area contributed by atoms with Crippen LogP contribution < -0.4 is 0 Å². The SMILES string of the molecule is CCCCCCCCCCC/C=C/C(CCS(=O)(=O)OC)S(=O)(=O)OC. The molecule has 26 heavy (non-hydrogen) atoms. The molecule has 156 valence electrons. The molecule has 0 saturated carbocycles. The molecule has 0 aliphatic heterocycles. The van der Waals surface area contributed by atoms with E-state index in [9.17, 15) is 16.8 Å². The molecule has 0 saturated heterocycles. The molecule has 0 radical (unpaired) electrons. The van der Waals surface area contributed by atoms with Gasteiger partial charge in [0.05, 0.1) is 20.0 Å². The highest BCUT2D eigenvalue weighted by atomic mass is 32.2. The normalized spacial score (nSPS) is 14.1. The van der Waals surface area contributed by atoms with Gasteiger partial charge in [-0.3, -0.25) is 8.37 Å². The maximum Gasteiger partial charge on any atom is 0.273 e. The maximum atomic E-state index is 11.9. The van der Waals surface area contributed by atoms with E-state index in [1.54, 1.807) is 0 Å². The molecule has 1 atom stereocenters. The maximum absolute atomic E-state index is 11.9. The van der Waals surface area contributed by atoms with Crippen LogP contribution in [0.4, 0.5) is 0 Å². The lowest BCUT2D eigenvalue weighted by Crippen LogP contribution is -2.24. The molecule has 0 bridgehead atoms. The number of rotatable bonds is 17. The van der Waals surface area contributed by atoms with Gasteiger partial charge in [0.1, 0.15) is 5.25 Å². The second kappa shape index (κ2) is 14.6. The Kier molecular flexibility index (Phi) is 14.4. The van der Waals surface area contributed by atoms with Crippen molar-refractivity contribution in [1.82, 2.24) is 0 Å². The van der Waals surface area contributed by atoms with E-state index in [-0.39, 0.29) is 12.2 Å². The van der Waals surface area contributed by atoms with Crippen molar-refractivity contribution in [3.05, 3.63) is 12.2 Å². The first-order valence-electron chi connectivity index (χ1n) is 9.53. The third kappa shape index (κ3) is 12.8. The van der Waals surface area contributed by atoms with Gasteiger partial charge in [0, 0.05) is 0 Å². The van der Waals surface area contributed by atoms with E-state index in [4.69, 9.17) is 0 Å². The fourth-order valence-electron chi connectivity index (χ4n) is 2.63. The molecule has 0 aromatic carbocycles. The van der Waals surface area contributed by atoms with Crippen LogP contribution in [-0.4, -0.2) is 42.1 Å². The second-order valence-electron chi connectivity index (χ2n) is 6.46. The topological polar surface area (TPSA) is 86.7 Å². The fraction of sp³-hybridized carbons (Fsp3) is 0.889. The number of allylic oxidation sites excluding steroid dienone is 1. The van der Waals surface area contributed by atoms with E-state index < -0.39 is 25.5 Å². The van der Waals surface area contributed by atoms with Crippen molar-refractivity contribution in [2.24, 2.45) is 0 Å². The van der Waals surface area contributed by atoms with Crippen LogP contribution in [0.15, 0.2) is 12.2 Å². The lowest BCUT2D eigenvalue weighted by molar-refractivity contribution is 0.387. The highest BCUT2D eigenvalue weighted by molar-refractivity contribution is 7.88. The molecule has 0 heterocycles. The van der Waals surface area contributed by atoms with Gasteiger partial charge in [0.15, 0.2) is 0 Å².